The first-order chi connectivity index (χ1) is 15.6. The lowest BCUT2D eigenvalue weighted by Gasteiger charge is -2.32. The topological polar surface area (TPSA) is 59.1 Å². The average Bonchev–Trinajstić information content (AvgIpc) is 2.87. The molecule has 32 heavy (non-hydrogen) atoms. The van der Waals surface area contributed by atoms with Crippen LogP contribution in [0.2, 0.25) is 0 Å². The van der Waals surface area contributed by atoms with Crippen molar-refractivity contribution in [3.05, 3.63) is 59.7 Å². The van der Waals surface area contributed by atoms with Gasteiger partial charge in [-0.15, -0.1) is 0 Å². The fourth-order valence-corrected chi connectivity index (χ4v) is 4.51. The number of likely N-dealkylation sites (tertiary alicyclic amines) is 2. The van der Waals surface area contributed by atoms with Crippen LogP contribution in [0.15, 0.2) is 48.5 Å². The third-order valence-corrected chi connectivity index (χ3v) is 6.35. The van der Waals surface area contributed by atoms with Gasteiger partial charge in [0.25, 0.3) is 11.8 Å². The van der Waals surface area contributed by atoms with Gasteiger partial charge in [-0.1, -0.05) is 6.07 Å². The molecule has 6 nitrogen and oxygen atoms in total. The summed E-state index contributed by atoms with van der Waals surface area (Å²) in [6, 6.07) is 14.7. The molecule has 170 valence electrons. The van der Waals surface area contributed by atoms with E-state index in [1.54, 1.807) is 7.11 Å². The van der Waals surface area contributed by atoms with Crippen LogP contribution in [-0.2, 0) is 0 Å². The predicted octanol–water partition coefficient (Wildman–Crippen LogP) is 4.25. The number of rotatable bonds is 6. The Morgan fingerprint density at radius 2 is 1.56 bits per heavy atom. The summed E-state index contributed by atoms with van der Waals surface area (Å²) in [7, 11) is 1.62. The van der Waals surface area contributed by atoms with Gasteiger partial charge < -0.3 is 19.3 Å². The Labute approximate surface area is 190 Å². The van der Waals surface area contributed by atoms with Crippen molar-refractivity contribution in [1.82, 2.24) is 9.80 Å². The third kappa shape index (κ3) is 5.42. The molecule has 2 heterocycles. The largest absolute Gasteiger partial charge is 0.497 e. The molecule has 0 aromatic heterocycles. The molecule has 2 amide bonds. The molecule has 0 radical (unpaired) electrons. The maximum absolute atomic E-state index is 12.9. The first-order valence-corrected chi connectivity index (χ1v) is 11.6. The molecule has 0 bridgehead atoms. The van der Waals surface area contributed by atoms with E-state index in [4.69, 9.17) is 9.47 Å². The van der Waals surface area contributed by atoms with Gasteiger partial charge in [-0.3, -0.25) is 9.59 Å². The molecule has 1 atom stereocenters. The van der Waals surface area contributed by atoms with E-state index >= 15 is 0 Å². The first-order valence-electron chi connectivity index (χ1n) is 11.6. The van der Waals surface area contributed by atoms with Gasteiger partial charge in [0.15, 0.2) is 0 Å². The zero-order chi connectivity index (χ0) is 22.3. The fraction of sp³-hybridized carbons (Fsp3) is 0.462. The molecule has 1 unspecified atom stereocenters. The molecule has 2 fully saturated rings. The number of carbonyl (C=O) groups is 2. The summed E-state index contributed by atoms with van der Waals surface area (Å²) in [6.07, 6.45) is 5.35. The Bertz CT molecular complexity index is 922. The molecule has 2 saturated heterocycles. The highest BCUT2D eigenvalue weighted by Gasteiger charge is 2.25. The zero-order valence-electron chi connectivity index (χ0n) is 18.8. The van der Waals surface area contributed by atoms with E-state index in [1.807, 2.05) is 58.3 Å². The van der Waals surface area contributed by atoms with Crippen molar-refractivity contribution in [1.29, 1.82) is 0 Å². The Balaban J connectivity index is 1.32. The van der Waals surface area contributed by atoms with E-state index in [1.165, 1.54) is 6.42 Å². The number of carbonyl (C=O) groups excluding carboxylic acids is 2. The molecule has 2 aliphatic heterocycles. The average molecular weight is 437 g/mol. The van der Waals surface area contributed by atoms with Crippen molar-refractivity contribution in [3.63, 3.8) is 0 Å². The number of amides is 2. The molecular formula is C26H32N2O4. The smallest absolute Gasteiger partial charge is 0.253 e. The summed E-state index contributed by atoms with van der Waals surface area (Å²) in [5, 5.41) is 0. The number of nitrogens with zero attached hydrogens (tertiary/aromatic N) is 2. The van der Waals surface area contributed by atoms with E-state index in [2.05, 4.69) is 0 Å². The third-order valence-electron chi connectivity index (χ3n) is 6.35. The van der Waals surface area contributed by atoms with E-state index < -0.39 is 0 Å². The van der Waals surface area contributed by atoms with Gasteiger partial charge in [0, 0.05) is 43.2 Å². The summed E-state index contributed by atoms with van der Waals surface area (Å²) in [6.45, 7) is 3.65. The van der Waals surface area contributed by atoms with Crippen molar-refractivity contribution in [2.75, 3.05) is 39.9 Å². The minimum atomic E-state index is 0.0477. The monoisotopic (exact) mass is 436 g/mol. The van der Waals surface area contributed by atoms with Crippen molar-refractivity contribution < 1.29 is 19.1 Å². The van der Waals surface area contributed by atoms with Crippen molar-refractivity contribution in [2.24, 2.45) is 5.92 Å². The Hall–Kier alpha value is -3.02. The van der Waals surface area contributed by atoms with Crippen LogP contribution < -0.4 is 9.47 Å². The highest BCUT2D eigenvalue weighted by molar-refractivity contribution is 5.95. The van der Waals surface area contributed by atoms with Gasteiger partial charge in [-0.2, -0.15) is 0 Å². The second kappa shape index (κ2) is 10.5. The molecule has 0 aliphatic carbocycles. The number of benzene rings is 2. The Morgan fingerprint density at radius 3 is 2.31 bits per heavy atom. The second-order valence-corrected chi connectivity index (χ2v) is 8.68. The van der Waals surface area contributed by atoms with Gasteiger partial charge >= 0.3 is 0 Å². The number of ether oxygens (including phenoxy) is 2. The van der Waals surface area contributed by atoms with Crippen LogP contribution in [0.1, 0.15) is 52.8 Å². The highest BCUT2D eigenvalue weighted by Crippen LogP contribution is 2.23. The zero-order valence-corrected chi connectivity index (χ0v) is 18.8. The van der Waals surface area contributed by atoms with E-state index in [0.29, 0.717) is 30.0 Å². The van der Waals surface area contributed by atoms with Gasteiger partial charge in [-0.25, -0.2) is 0 Å². The minimum Gasteiger partial charge on any atom is -0.497 e. The van der Waals surface area contributed by atoms with Crippen LogP contribution in [0.5, 0.6) is 11.5 Å². The molecule has 0 spiro atoms. The molecule has 2 aromatic carbocycles. The molecule has 4 rings (SSSR count). The minimum absolute atomic E-state index is 0.0477. The molecule has 2 aliphatic rings. The van der Waals surface area contributed by atoms with Gasteiger partial charge in [0.1, 0.15) is 11.5 Å². The van der Waals surface area contributed by atoms with Crippen molar-refractivity contribution >= 4 is 11.8 Å². The predicted molar refractivity (Wildman–Crippen MR) is 123 cm³/mol. The van der Waals surface area contributed by atoms with Gasteiger partial charge in [0.05, 0.1) is 13.7 Å². The normalized spacial score (nSPS) is 18.8. The molecule has 6 heteroatoms. The highest BCUT2D eigenvalue weighted by atomic mass is 16.5. The quantitative estimate of drug-likeness (QED) is 0.679. The number of piperidine rings is 2. The summed E-state index contributed by atoms with van der Waals surface area (Å²) < 4.78 is 11.2. The van der Waals surface area contributed by atoms with Gasteiger partial charge in [0.2, 0.25) is 0 Å². The number of methoxy groups -OCH3 is 1. The second-order valence-electron chi connectivity index (χ2n) is 8.68. The summed E-state index contributed by atoms with van der Waals surface area (Å²) in [5.74, 6) is 1.86. The van der Waals surface area contributed by atoms with Crippen molar-refractivity contribution in [3.8, 4) is 11.5 Å². The maximum atomic E-state index is 12.9. The first kappa shape index (κ1) is 22.2. The van der Waals surface area contributed by atoms with Crippen LogP contribution in [-0.4, -0.2) is 61.5 Å². The number of hydrogen-bond donors (Lipinski definition) is 0. The molecular weight excluding hydrogens is 404 g/mol. The van der Waals surface area contributed by atoms with E-state index in [9.17, 15) is 9.59 Å². The van der Waals surface area contributed by atoms with Gasteiger partial charge in [-0.05, 0) is 74.6 Å². The Kier molecular flexibility index (Phi) is 7.30. The van der Waals surface area contributed by atoms with Crippen LogP contribution in [0, 0.1) is 5.92 Å². The summed E-state index contributed by atoms with van der Waals surface area (Å²) >= 11 is 0. The molecule has 0 saturated carbocycles. The summed E-state index contributed by atoms with van der Waals surface area (Å²) in [5.41, 5.74) is 1.36. The molecule has 0 N–H and O–H groups in total. The Morgan fingerprint density at radius 1 is 0.844 bits per heavy atom. The number of hydrogen-bond acceptors (Lipinski definition) is 4. The SMILES string of the molecule is COc1ccc(C(=O)N2CCCC(COc3cccc(C(=O)N4CCCCC4)c3)C2)cc1. The van der Waals surface area contributed by atoms with Crippen LogP contribution >= 0.6 is 0 Å². The van der Waals surface area contributed by atoms with E-state index in [-0.39, 0.29) is 17.7 Å². The van der Waals surface area contributed by atoms with E-state index in [0.717, 1.165) is 51.1 Å². The summed E-state index contributed by atoms with van der Waals surface area (Å²) in [4.78, 5) is 29.5. The standard InChI is InChI=1S/C26H32N2O4/c1-31-23-12-10-21(11-13-23)25(29)28-16-6-7-20(18-28)19-32-24-9-5-8-22(17-24)26(30)27-14-3-2-4-15-27/h5,8-13,17,20H,2-4,6-7,14-16,18-19H2,1H3. The van der Waals surface area contributed by atoms with Crippen molar-refractivity contribution in [2.45, 2.75) is 32.1 Å². The maximum Gasteiger partial charge on any atom is 0.253 e. The lowest BCUT2D eigenvalue weighted by atomic mass is 9.98. The van der Waals surface area contributed by atoms with Crippen LogP contribution in [0.25, 0.3) is 0 Å². The fourth-order valence-electron chi connectivity index (χ4n) is 4.51. The lowest BCUT2D eigenvalue weighted by Crippen LogP contribution is -2.41. The molecule has 2 aromatic rings. The van der Waals surface area contributed by atoms with Crippen LogP contribution in [0.3, 0.4) is 0 Å². The lowest BCUT2D eigenvalue weighted by molar-refractivity contribution is 0.0631. The van der Waals surface area contributed by atoms with Crippen LogP contribution in [0.4, 0.5) is 0 Å².